The first kappa shape index (κ1) is 21.6. The Morgan fingerprint density at radius 3 is 2.71 bits per heavy atom. The van der Waals surface area contributed by atoms with E-state index in [4.69, 9.17) is 21.3 Å². The fourth-order valence-electron chi connectivity index (χ4n) is 4.77. The maximum Gasteiger partial charge on any atom is 0.325 e. The number of benzene rings is 1. The van der Waals surface area contributed by atoms with Gasteiger partial charge >= 0.3 is 6.01 Å². The van der Waals surface area contributed by atoms with Gasteiger partial charge in [-0.3, -0.25) is 4.99 Å². The summed E-state index contributed by atoms with van der Waals surface area (Å²) >= 11 is 6.72. The zero-order chi connectivity index (χ0) is 23.2. The first-order valence-corrected chi connectivity index (χ1v) is 12.4. The second kappa shape index (κ2) is 8.71. The quantitative estimate of drug-likeness (QED) is 0.669. The van der Waals surface area contributed by atoms with Crippen LogP contribution in [0.15, 0.2) is 40.4 Å². The molecule has 2 aliphatic carbocycles. The number of amidine groups is 1. The van der Waals surface area contributed by atoms with Gasteiger partial charge in [0, 0.05) is 37.8 Å². The number of piperazine rings is 1. The van der Waals surface area contributed by atoms with E-state index in [0.717, 1.165) is 56.4 Å². The zero-order valence-electron chi connectivity index (χ0n) is 19.6. The molecule has 1 aromatic heterocycles. The van der Waals surface area contributed by atoms with Gasteiger partial charge in [-0.1, -0.05) is 29.3 Å². The molecule has 1 saturated heterocycles. The van der Waals surface area contributed by atoms with Crippen LogP contribution in [0.1, 0.15) is 30.9 Å². The van der Waals surface area contributed by atoms with Gasteiger partial charge in [0.25, 0.3) is 0 Å². The Kier molecular flexibility index (Phi) is 5.54. The molecule has 6 rings (SSSR count). The van der Waals surface area contributed by atoms with E-state index in [1.165, 1.54) is 29.6 Å². The molecule has 0 atom stereocenters. The molecule has 1 aromatic carbocycles. The number of fused-ring (bicyclic) bond motifs is 1. The van der Waals surface area contributed by atoms with Gasteiger partial charge in [-0.05, 0) is 62.4 Å². The Morgan fingerprint density at radius 2 is 1.91 bits per heavy atom. The highest BCUT2D eigenvalue weighted by Crippen LogP contribution is 2.39. The predicted octanol–water partition coefficient (Wildman–Crippen LogP) is 4.79. The minimum Gasteiger partial charge on any atom is -0.423 e. The molecule has 3 heterocycles. The lowest BCUT2D eigenvalue weighted by atomic mass is 10.1. The lowest BCUT2D eigenvalue weighted by molar-refractivity contribution is 0.311. The van der Waals surface area contributed by atoms with Crippen LogP contribution in [0.3, 0.4) is 0 Å². The second-order valence-corrected chi connectivity index (χ2v) is 10.1. The average Bonchev–Trinajstić information content (AvgIpc) is 3.45. The van der Waals surface area contributed by atoms with E-state index in [1.807, 2.05) is 12.1 Å². The molecule has 0 amide bonds. The van der Waals surface area contributed by atoms with E-state index in [1.54, 1.807) is 0 Å². The van der Waals surface area contributed by atoms with Gasteiger partial charge in [-0.2, -0.15) is 9.97 Å². The van der Waals surface area contributed by atoms with Gasteiger partial charge in [-0.25, -0.2) is 0 Å². The fourth-order valence-corrected chi connectivity index (χ4v) is 5.05. The van der Waals surface area contributed by atoms with Crippen molar-refractivity contribution < 1.29 is 4.74 Å². The minimum atomic E-state index is 0.282. The Balaban J connectivity index is 1.30. The van der Waals surface area contributed by atoms with Crippen molar-refractivity contribution in [2.24, 2.45) is 10.9 Å². The molecule has 7 nitrogen and oxygen atoms in total. The number of likely N-dealkylation sites (N-methyl/N-ethyl adjacent to an activating group) is 1. The van der Waals surface area contributed by atoms with Crippen LogP contribution < -0.4 is 15.0 Å². The third kappa shape index (κ3) is 4.42. The number of allylic oxidation sites excluding steroid dienone is 1. The van der Waals surface area contributed by atoms with Gasteiger partial charge in [0.2, 0.25) is 0 Å². The van der Waals surface area contributed by atoms with Crippen molar-refractivity contribution in [3.05, 3.63) is 51.6 Å². The number of ether oxygens (including phenoxy) is 1. The van der Waals surface area contributed by atoms with Crippen LogP contribution in [0.4, 0.5) is 11.6 Å². The maximum atomic E-state index is 6.72. The molecule has 0 unspecified atom stereocenters. The van der Waals surface area contributed by atoms with Crippen LogP contribution in [-0.4, -0.2) is 60.5 Å². The summed E-state index contributed by atoms with van der Waals surface area (Å²) in [5, 5.41) is 4.00. The number of hydrogen-bond acceptors (Lipinski definition) is 7. The first-order chi connectivity index (χ1) is 16.5. The van der Waals surface area contributed by atoms with Crippen LogP contribution in [0.25, 0.3) is 6.08 Å². The largest absolute Gasteiger partial charge is 0.423 e. The molecule has 8 heteroatoms. The predicted molar refractivity (Wildman–Crippen MR) is 137 cm³/mol. The SMILES string of the molecule is CC1=Cc2c(ccc(Oc3nc(NC4=NCC(C5CC5)=C4)cc(N4CCN(C)CC4)n3)c2Cl)C1. The van der Waals surface area contributed by atoms with E-state index in [0.29, 0.717) is 22.5 Å². The summed E-state index contributed by atoms with van der Waals surface area (Å²) in [4.78, 5) is 18.7. The Bertz CT molecular complexity index is 1220. The average molecular weight is 477 g/mol. The summed E-state index contributed by atoms with van der Waals surface area (Å²) in [6, 6.07) is 6.26. The normalized spacial score (nSPS) is 20.1. The second-order valence-electron chi connectivity index (χ2n) is 9.72. The molecule has 34 heavy (non-hydrogen) atoms. The Hall–Kier alpha value is -2.90. The van der Waals surface area contributed by atoms with Crippen molar-refractivity contribution in [2.45, 2.75) is 26.2 Å². The van der Waals surface area contributed by atoms with Crippen molar-refractivity contribution in [1.82, 2.24) is 14.9 Å². The number of aliphatic imine (C=N–C) groups is 1. The van der Waals surface area contributed by atoms with Crippen molar-refractivity contribution in [1.29, 1.82) is 0 Å². The third-order valence-electron chi connectivity index (χ3n) is 6.93. The highest BCUT2D eigenvalue weighted by atomic mass is 35.5. The molecule has 1 N–H and O–H groups in total. The lowest BCUT2D eigenvalue weighted by Crippen LogP contribution is -2.44. The van der Waals surface area contributed by atoms with Crippen molar-refractivity contribution in [2.75, 3.05) is 50.0 Å². The Morgan fingerprint density at radius 1 is 1.09 bits per heavy atom. The Labute approximate surface area is 205 Å². The molecular formula is C26H29ClN6O. The summed E-state index contributed by atoms with van der Waals surface area (Å²) in [7, 11) is 2.15. The van der Waals surface area contributed by atoms with Crippen LogP contribution >= 0.6 is 11.6 Å². The molecular weight excluding hydrogens is 448 g/mol. The van der Waals surface area contributed by atoms with E-state index in [-0.39, 0.29) is 6.01 Å². The number of halogens is 1. The first-order valence-electron chi connectivity index (χ1n) is 12.0. The van der Waals surface area contributed by atoms with E-state index in [2.05, 4.69) is 57.3 Å². The lowest BCUT2D eigenvalue weighted by Gasteiger charge is -2.33. The van der Waals surface area contributed by atoms with Crippen molar-refractivity contribution in [3.63, 3.8) is 0 Å². The van der Waals surface area contributed by atoms with Gasteiger partial charge in [-0.15, -0.1) is 0 Å². The van der Waals surface area contributed by atoms with E-state index < -0.39 is 0 Å². The number of nitrogens with zero attached hydrogens (tertiary/aromatic N) is 5. The summed E-state index contributed by atoms with van der Waals surface area (Å²) in [6.45, 7) is 6.69. The summed E-state index contributed by atoms with van der Waals surface area (Å²) in [5.41, 5.74) is 4.97. The van der Waals surface area contributed by atoms with Gasteiger partial charge < -0.3 is 19.9 Å². The van der Waals surface area contributed by atoms with Crippen LogP contribution in [0.5, 0.6) is 11.8 Å². The minimum absolute atomic E-state index is 0.282. The van der Waals surface area contributed by atoms with Crippen LogP contribution in [0, 0.1) is 5.92 Å². The molecule has 2 aromatic rings. The number of anilines is 2. The third-order valence-corrected chi connectivity index (χ3v) is 7.32. The number of rotatable bonds is 5. The summed E-state index contributed by atoms with van der Waals surface area (Å²) in [6.07, 6.45) is 7.79. The molecule has 2 aliphatic heterocycles. The van der Waals surface area contributed by atoms with Gasteiger partial charge in [0.1, 0.15) is 23.2 Å². The molecule has 0 spiro atoms. The monoisotopic (exact) mass is 476 g/mol. The van der Waals surface area contributed by atoms with Crippen LogP contribution in [0.2, 0.25) is 5.02 Å². The molecule has 4 aliphatic rings. The number of nitrogens with one attached hydrogen (secondary N) is 1. The highest BCUT2D eigenvalue weighted by Gasteiger charge is 2.28. The summed E-state index contributed by atoms with van der Waals surface area (Å²) in [5.74, 6) is 3.67. The number of aromatic nitrogens is 2. The van der Waals surface area contributed by atoms with Crippen molar-refractivity contribution in [3.8, 4) is 11.8 Å². The van der Waals surface area contributed by atoms with Crippen molar-refractivity contribution >= 4 is 35.1 Å². The molecule has 1 saturated carbocycles. The molecule has 0 bridgehead atoms. The van der Waals surface area contributed by atoms with Crippen LogP contribution in [-0.2, 0) is 6.42 Å². The fraction of sp³-hybridized carbons (Fsp3) is 0.423. The summed E-state index contributed by atoms with van der Waals surface area (Å²) < 4.78 is 6.18. The van der Waals surface area contributed by atoms with E-state index in [9.17, 15) is 0 Å². The van der Waals surface area contributed by atoms with Gasteiger partial charge in [0.05, 0.1) is 11.6 Å². The van der Waals surface area contributed by atoms with E-state index >= 15 is 0 Å². The topological polar surface area (TPSA) is 65.9 Å². The smallest absolute Gasteiger partial charge is 0.325 e. The molecule has 176 valence electrons. The standard InChI is InChI=1S/C26H29ClN6O/c1-16-11-18-5-6-21(25(27)20(18)12-16)34-26-30-23(29-22-13-19(15-28-22)17-3-4-17)14-24(31-26)33-9-7-32(2)8-10-33/h5-6,12-14,17H,3-4,7-11,15H2,1-2H3,(H,28,29,30,31). The highest BCUT2D eigenvalue weighted by molar-refractivity contribution is 6.33. The molecule has 2 fully saturated rings. The number of hydrogen-bond donors (Lipinski definition) is 1. The molecule has 0 radical (unpaired) electrons. The zero-order valence-corrected chi connectivity index (χ0v) is 20.4. The maximum absolute atomic E-state index is 6.72. The van der Waals surface area contributed by atoms with Gasteiger partial charge in [0.15, 0.2) is 0 Å².